The number of likely N-dealkylation sites (tertiary alicyclic amines) is 1. The van der Waals surface area contributed by atoms with Gasteiger partial charge in [0.15, 0.2) is 5.13 Å². The number of hydrogen-bond acceptors (Lipinski definition) is 5. The predicted octanol–water partition coefficient (Wildman–Crippen LogP) is 2.14. The fourth-order valence-corrected chi connectivity index (χ4v) is 3.18. The fourth-order valence-electron chi connectivity index (χ4n) is 2.54. The first-order valence-corrected chi connectivity index (χ1v) is 7.52. The smallest absolute Gasteiger partial charge is 0.255 e. The molecule has 1 aliphatic rings. The molecule has 0 atom stereocenters. The summed E-state index contributed by atoms with van der Waals surface area (Å²) in [5.41, 5.74) is 7.40. The van der Waals surface area contributed by atoms with Crippen molar-refractivity contribution in [2.45, 2.75) is 18.8 Å². The molecule has 0 saturated carbocycles. The second-order valence-electron chi connectivity index (χ2n) is 4.92. The van der Waals surface area contributed by atoms with E-state index in [1.165, 1.54) is 11.3 Å². The highest BCUT2D eigenvalue weighted by Gasteiger charge is 2.25. The third-order valence-electron chi connectivity index (χ3n) is 3.65. The number of aromatic nitrogens is 2. The van der Waals surface area contributed by atoms with Crippen LogP contribution in [0.15, 0.2) is 29.9 Å². The summed E-state index contributed by atoms with van der Waals surface area (Å²) in [6.45, 7) is 1.52. The van der Waals surface area contributed by atoms with E-state index >= 15 is 0 Å². The second kappa shape index (κ2) is 5.58. The number of amides is 1. The molecule has 0 spiro atoms. The predicted molar refractivity (Wildman–Crippen MR) is 78.6 cm³/mol. The molecule has 1 fully saturated rings. The number of anilines is 1. The molecule has 3 heterocycles. The fraction of sp³-hybridized carbons (Fsp3) is 0.357. The Hall–Kier alpha value is -1.95. The summed E-state index contributed by atoms with van der Waals surface area (Å²) in [5.74, 6) is 0.482. The lowest BCUT2D eigenvalue weighted by molar-refractivity contribution is 0.0712. The maximum Gasteiger partial charge on any atom is 0.255 e. The molecule has 1 amide bonds. The number of nitrogens with two attached hydrogens (primary N) is 1. The van der Waals surface area contributed by atoms with Crippen LogP contribution < -0.4 is 5.73 Å². The van der Waals surface area contributed by atoms with Crippen LogP contribution in [0.25, 0.3) is 0 Å². The van der Waals surface area contributed by atoms with Crippen LogP contribution in [0.3, 0.4) is 0 Å². The summed E-state index contributed by atoms with van der Waals surface area (Å²) in [5, 5.41) is 2.65. The minimum absolute atomic E-state index is 0.0642. The molecule has 1 saturated heterocycles. The molecule has 0 bridgehead atoms. The highest BCUT2D eigenvalue weighted by molar-refractivity contribution is 7.13. The number of thiazole rings is 1. The summed E-state index contributed by atoms with van der Waals surface area (Å²) in [6.07, 6.45) is 5.18. The zero-order valence-corrected chi connectivity index (χ0v) is 11.8. The van der Waals surface area contributed by atoms with E-state index in [0.717, 1.165) is 31.6 Å². The number of hydrogen-bond donors (Lipinski definition) is 1. The van der Waals surface area contributed by atoms with Crippen LogP contribution in [0.5, 0.6) is 0 Å². The van der Waals surface area contributed by atoms with Gasteiger partial charge in [-0.05, 0) is 25.0 Å². The van der Waals surface area contributed by atoms with E-state index in [4.69, 9.17) is 5.73 Å². The molecule has 6 heteroatoms. The zero-order valence-electron chi connectivity index (χ0n) is 11.0. The Labute approximate surface area is 121 Å². The molecular weight excluding hydrogens is 272 g/mol. The Morgan fingerprint density at radius 2 is 2.20 bits per heavy atom. The van der Waals surface area contributed by atoms with Crippen molar-refractivity contribution in [3.63, 3.8) is 0 Å². The maximum absolute atomic E-state index is 12.3. The van der Waals surface area contributed by atoms with Crippen LogP contribution in [-0.4, -0.2) is 33.9 Å². The van der Waals surface area contributed by atoms with Crippen LogP contribution in [0.2, 0.25) is 0 Å². The van der Waals surface area contributed by atoms with E-state index in [9.17, 15) is 4.79 Å². The Kier molecular flexibility index (Phi) is 3.64. The van der Waals surface area contributed by atoms with Crippen molar-refractivity contribution < 1.29 is 4.79 Å². The van der Waals surface area contributed by atoms with E-state index in [-0.39, 0.29) is 5.91 Å². The molecule has 1 aliphatic heterocycles. The summed E-state index contributed by atoms with van der Waals surface area (Å²) in [7, 11) is 0. The molecule has 0 radical (unpaired) electrons. The van der Waals surface area contributed by atoms with Gasteiger partial charge in [-0.3, -0.25) is 9.78 Å². The number of carbonyl (C=O) groups excluding carboxylic acids is 1. The molecule has 0 aliphatic carbocycles. The molecule has 3 rings (SSSR count). The number of carbonyl (C=O) groups is 1. The van der Waals surface area contributed by atoms with Crippen LogP contribution >= 0.6 is 11.3 Å². The molecule has 104 valence electrons. The second-order valence-corrected chi connectivity index (χ2v) is 5.81. The van der Waals surface area contributed by atoms with Gasteiger partial charge in [-0.2, -0.15) is 0 Å². The molecule has 2 aromatic heterocycles. The van der Waals surface area contributed by atoms with Crippen molar-refractivity contribution in [2.24, 2.45) is 0 Å². The third-order valence-corrected chi connectivity index (χ3v) is 4.34. The van der Waals surface area contributed by atoms with E-state index in [1.807, 2.05) is 16.3 Å². The zero-order chi connectivity index (χ0) is 13.9. The number of rotatable bonds is 2. The van der Waals surface area contributed by atoms with Crippen LogP contribution in [-0.2, 0) is 0 Å². The number of nitrogen functional groups attached to an aromatic ring is 1. The standard InChI is InChI=1S/C14H16N4OS/c15-14-17-12(9-20-14)10-3-6-18(7-4-10)13(19)11-2-1-5-16-8-11/h1-2,5,8-10H,3-4,6-7H2,(H2,15,17). The van der Waals surface area contributed by atoms with Gasteiger partial charge >= 0.3 is 0 Å². The highest BCUT2D eigenvalue weighted by atomic mass is 32.1. The maximum atomic E-state index is 12.3. The Morgan fingerprint density at radius 1 is 1.40 bits per heavy atom. The van der Waals surface area contributed by atoms with Gasteiger partial charge in [0, 0.05) is 36.8 Å². The van der Waals surface area contributed by atoms with Crippen LogP contribution in [0.4, 0.5) is 5.13 Å². The summed E-state index contributed by atoms with van der Waals surface area (Å²) >= 11 is 1.48. The number of pyridine rings is 1. The third kappa shape index (κ3) is 2.65. The minimum atomic E-state index is 0.0642. The average molecular weight is 288 g/mol. The van der Waals surface area contributed by atoms with Crippen molar-refractivity contribution in [2.75, 3.05) is 18.8 Å². The lowest BCUT2D eigenvalue weighted by Crippen LogP contribution is -2.38. The average Bonchev–Trinajstić information content (AvgIpc) is 2.94. The molecule has 2 aromatic rings. The van der Waals surface area contributed by atoms with E-state index in [2.05, 4.69) is 9.97 Å². The van der Waals surface area contributed by atoms with E-state index < -0.39 is 0 Å². The van der Waals surface area contributed by atoms with E-state index in [1.54, 1.807) is 18.5 Å². The Morgan fingerprint density at radius 3 is 2.80 bits per heavy atom. The van der Waals surface area contributed by atoms with Gasteiger partial charge in [0.2, 0.25) is 0 Å². The van der Waals surface area contributed by atoms with Gasteiger partial charge in [-0.15, -0.1) is 11.3 Å². The Balaban J connectivity index is 1.63. The molecule has 2 N–H and O–H groups in total. The SMILES string of the molecule is Nc1nc(C2CCN(C(=O)c3cccnc3)CC2)cs1. The summed E-state index contributed by atoms with van der Waals surface area (Å²) < 4.78 is 0. The lowest BCUT2D eigenvalue weighted by Gasteiger charge is -2.31. The van der Waals surface area contributed by atoms with Crippen molar-refractivity contribution in [1.29, 1.82) is 0 Å². The van der Waals surface area contributed by atoms with Crippen molar-refractivity contribution in [3.8, 4) is 0 Å². The van der Waals surface area contributed by atoms with Gasteiger partial charge < -0.3 is 10.6 Å². The van der Waals surface area contributed by atoms with Gasteiger partial charge in [-0.25, -0.2) is 4.98 Å². The van der Waals surface area contributed by atoms with Crippen LogP contribution in [0.1, 0.15) is 34.8 Å². The molecule has 5 nitrogen and oxygen atoms in total. The highest BCUT2D eigenvalue weighted by Crippen LogP contribution is 2.29. The Bertz CT molecular complexity index is 590. The summed E-state index contributed by atoms with van der Waals surface area (Å²) in [6, 6.07) is 3.60. The molecule has 20 heavy (non-hydrogen) atoms. The quantitative estimate of drug-likeness (QED) is 0.919. The minimum Gasteiger partial charge on any atom is -0.375 e. The van der Waals surface area contributed by atoms with Gasteiger partial charge in [-0.1, -0.05) is 0 Å². The molecule has 0 unspecified atom stereocenters. The van der Waals surface area contributed by atoms with Gasteiger partial charge in [0.1, 0.15) is 0 Å². The number of nitrogens with zero attached hydrogens (tertiary/aromatic N) is 3. The first-order chi connectivity index (χ1) is 9.74. The van der Waals surface area contributed by atoms with Crippen LogP contribution in [0, 0.1) is 0 Å². The molecular formula is C14H16N4OS. The first-order valence-electron chi connectivity index (χ1n) is 6.64. The van der Waals surface area contributed by atoms with E-state index in [0.29, 0.717) is 16.6 Å². The largest absolute Gasteiger partial charge is 0.375 e. The van der Waals surface area contributed by atoms with Crippen molar-refractivity contribution in [1.82, 2.24) is 14.9 Å². The first kappa shape index (κ1) is 13.1. The molecule has 0 aromatic carbocycles. The van der Waals surface area contributed by atoms with Gasteiger partial charge in [0.25, 0.3) is 5.91 Å². The normalized spacial score (nSPS) is 16.3. The summed E-state index contributed by atoms with van der Waals surface area (Å²) in [4.78, 5) is 22.5. The lowest BCUT2D eigenvalue weighted by atomic mass is 9.94. The van der Waals surface area contributed by atoms with Gasteiger partial charge in [0.05, 0.1) is 11.3 Å². The van der Waals surface area contributed by atoms with Crippen molar-refractivity contribution >= 4 is 22.4 Å². The van der Waals surface area contributed by atoms with Crippen molar-refractivity contribution in [3.05, 3.63) is 41.2 Å². The monoisotopic (exact) mass is 288 g/mol. The topological polar surface area (TPSA) is 72.1 Å². The number of piperidine rings is 1.